The molecule has 0 spiro atoms. The summed E-state index contributed by atoms with van der Waals surface area (Å²) in [7, 11) is -7.38. The Morgan fingerprint density at radius 2 is 1.31 bits per heavy atom. The predicted molar refractivity (Wildman–Crippen MR) is 94.2 cm³/mol. The van der Waals surface area contributed by atoms with Gasteiger partial charge in [-0.3, -0.25) is 13.8 Å². The Labute approximate surface area is 155 Å². The first-order chi connectivity index (χ1) is 11.9. The smallest absolute Gasteiger partial charge is 0.307 e. The Kier molecular flexibility index (Phi) is 11.0. The van der Waals surface area contributed by atoms with E-state index in [0.29, 0.717) is 25.7 Å². The van der Waals surface area contributed by atoms with Crippen molar-refractivity contribution in [2.75, 3.05) is 12.9 Å². The van der Waals surface area contributed by atoms with Crippen molar-refractivity contribution in [3.05, 3.63) is 0 Å². The van der Waals surface area contributed by atoms with Crippen LogP contribution in [0.5, 0.6) is 0 Å². The summed E-state index contributed by atoms with van der Waals surface area (Å²) < 4.78 is 59.8. The lowest BCUT2D eigenvalue weighted by atomic mass is 10.1. The monoisotopic (exact) mass is 416 g/mol. The van der Waals surface area contributed by atoms with E-state index in [2.05, 4.69) is 4.18 Å². The molecule has 0 aromatic carbocycles. The molecule has 0 rings (SSSR count). The summed E-state index contributed by atoms with van der Waals surface area (Å²) in [6.07, 6.45) is 2.85. The number of esters is 2. The van der Waals surface area contributed by atoms with Crippen LogP contribution in [-0.4, -0.2) is 52.5 Å². The molecule has 0 saturated heterocycles. The summed E-state index contributed by atoms with van der Waals surface area (Å²) in [6, 6.07) is 0. The van der Waals surface area contributed by atoms with E-state index in [9.17, 15) is 26.4 Å². The molecule has 0 aliphatic carbocycles. The van der Waals surface area contributed by atoms with E-state index >= 15 is 0 Å². The molecule has 2 unspecified atom stereocenters. The second kappa shape index (κ2) is 11.5. The van der Waals surface area contributed by atoms with Gasteiger partial charge in [-0.1, -0.05) is 13.3 Å². The highest BCUT2D eigenvalue weighted by molar-refractivity contribution is 7.91. The fourth-order valence-corrected chi connectivity index (χ4v) is 2.74. The quantitative estimate of drug-likeness (QED) is 0.249. The minimum absolute atomic E-state index is 0.00241. The summed E-state index contributed by atoms with van der Waals surface area (Å²) in [5.41, 5.74) is -2.57. The molecule has 0 N–H and O–H groups in total. The van der Waals surface area contributed by atoms with Crippen molar-refractivity contribution in [2.45, 2.75) is 70.2 Å². The molecule has 0 aliphatic heterocycles. The van der Waals surface area contributed by atoms with Crippen molar-refractivity contribution in [1.82, 2.24) is 0 Å². The lowest BCUT2D eigenvalue weighted by Crippen LogP contribution is -2.26. The fraction of sp³-hybridized carbons (Fsp3) is 0.867. The third-order valence-electron chi connectivity index (χ3n) is 3.32. The van der Waals surface area contributed by atoms with Crippen molar-refractivity contribution in [2.24, 2.45) is 0 Å². The van der Waals surface area contributed by atoms with Crippen LogP contribution in [0.25, 0.3) is 0 Å². The normalized spacial score (nSPS) is 14.5. The molecule has 11 heteroatoms. The van der Waals surface area contributed by atoms with Gasteiger partial charge in [0.1, 0.15) is 0 Å². The van der Waals surface area contributed by atoms with Gasteiger partial charge in [-0.2, -0.15) is 8.42 Å². The van der Waals surface area contributed by atoms with Gasteiger partial charge in [-0.15, -0.1) is 0 Å². The SMILES string of the molecule is CCCOS(=O)(=O)C(C)OC(=O)CCCCCC(=O)OC(C)S(C)(=O)=O. The highest BCUT2D eigenvalue weighted by Crippen LogP contribution is 2.11. The van der Waals surface area contributed by atoms with Crippen LogP contribution in [0, 0.1) is 0 Å². The van der Waals surface area contributed by atoms with Gasteiger partial charge in [0.05, 0.1) is 6.61 Å². The number of ether oxygens (including phenoxy) is 2. The topological polar surface area (TPSA) is 130 Å². The van der Waals surface area contributed by atoms with E-state index in [1.807, 2.05) is 0 Å². The van der Waals surface area contributed by atoms with E-state index in [0.717, 1.165) is 6.26 Å². The molecular formula is C15H28O9S2. The molecule has 9 nitrogen and oxygen atoms in total. The largest absolute Gasteiger partial charge is 0.446 e. The standard InChI is InChI=1S/C15H28O9S2/c1-5-11-22-26(20,21)13(3)24-15(17)10-8-6-7-9-14(16)23-12(2)25(4,18)19/h12-13H,5-11H2,1-4H3. The Morgan fingerprint density at radius 3 is 1.73 bits per heavy atom. The zero-order chi connectivity index (χ0) is 20.4. The molecular weight excluding hydrogens is 388 g/mol. The van der Waals surface area contributed by atoms with Crippen LogP contribution in [-0.2, 0) is 43.2 Å². The number of carbonyl (C=O) groups is 2. The molecule has 26 heavy (non-hydrogen) atoms. The van der Waals surface area contributed by atoms with Crippen LogP contribution in [0.2, 0.25) is 0 Å². The first-order valence-electron chi connectivity index (χ1n) is 8.36. The number of sulfone groups is 1. The van der Waals surface area contributed by atoms with Crippen molar-refractivity contribution >= 4 is 31.9 Å². The molecule has 0 saturated carbocycles. The van der Waals surface area contributed by atoms with Gasteiger partial charge in [0.15, 0.2) is 15.3 Å². The van der Waals surface area contributed by atoms with Gasteiger partial charge in [0.25, 0.3) is 0 Å². The molecule has 0 bridgehead atoms. The van der Waals surface area contributed by atoms with Crippen molar-refractivity contribution in [3.8, 4) is 0 Å². The first-order valence-corrected chi connectivity index (χ1v) is 11.8. The van der Waals surface area contributed by atoms with Gasteiger partial charge in [0, 0.05) is 19.1 Å². The van der Waals surface area contributed by atoms with E-state index in [1.54, 1.807) is 6.92 Å². The molecule has 0 radical (unpaired) electrons. The van der Waals surface area contributed by atoms with E-state index < -0.39 is 42.8 Å². The van der Waals surface area contributed by atoms with Crippen molar-refractivity contribution in [1.29, 1.82) is 0 Å². The second-order valence-corrected chi connectivity index (χ2v) is 10.0. The number of unbranched alkanes of at least 4 members (excludes halogenated alkanes) is 2. The predicted octanol–water partition coefficient (Wildman–Crippen LogP) is 1.52. The Balaban J connectivity index is 4.01. The van der Waals surface area contributed by atoms with E-state index in [-0.39, 0.29) is 19.4 Å². The molecule has 0 heterocycles. The van der Waals surface area contributed by atoms with E-state index in [4.69, 9.17) is 9.47 Å². The first kappa shape index (κ1) is 24.8. The summed E-state index contributed by atoms with van der Waals surface area (Å²) in [5, 5.41) is 0. The minimum atomic E-state index is -3.94. The Hall–Kier alpha value is -1.20. The van der Waals surface area contributed by atoms with Gasteiger partial charge in [0.2, 0.25) is 5.44 Å². The average molecular weight is 417 g/mol. The molecule has 2 atom stereocenters. The van der Waals surface area contributed by atoms with Crippen LogP contribution in [0.1, 0.15) is 59.3 Å². The lowest BCUT2D eigenvalue weighted by Gasteiger charge is -2.13. The summed E-state index contributed by atoms with van der Waals surface area (Å²) >= 11 is 0. The van der Waals surface area contributed by atoms with Crippen LogP contribution in [0.15, 0.2) is 0 Å². The lowest BCUT2D eigenvalue weighted by molar-refractivity contribution is -0.145. The molecule has 154 valence electrons. The van der Waals surface area contributed by atoms with Crippen LogP contribution >= 0.6 is 0 Å². The Bertz CT molecular complexity index is 653. The fourth-order valence-electron chi connectivity index (χ4n) is 1.65. The average Bonchev–Trinajstić information content (AvgIpc) is 2.51. The summed E-state index contributed by atoms with van der Waals surface area (Å²) in [5.74, 6) is -1.30. The number of hydrogen-bond acceptors (Lipinski definition) is 9. The number of rotatable bonds is 13. The van der Waals surface area contributed by atoms with Gasteiger partial charge in [-0.25, -0.2) is 8.42 Å². The van der Waals surface area contributed by atoms with Gasteiger partial charge >= 0.3 is 22.1 Å². The molecule has 0 aromatic rings. The number of hydrogen-bond donors (Lipinski definition) is 0. The maximum absolute atomic E-state index is 11.6. The zero-order valence-electron chi connectivity index (χ0n) is 15.6. The molecule has 0 amide bonds. The van der Waals surface area contributed by atoms with Crippen molar-refractivity contribution in [3.63, 3.8) is 0 Å². The van der Waals surface area contributed by atoms with Gasteiger partial charge < -0.3 is 9.47 Å². The highest BCUT2D eigenvalue weighted by atomic mass is 32.2. The maximum atomic E-state index is 11.6. The van der Waals surface area contributed by atoms with E-state index in [1.165, 1.54) is 13.8 Å². The van der Waals surface area contributed by atoms with Gasteiger partial charge in [-0.05, 0) is 33.1 Å². The zero-order valence-corrected chi connectivity index (χ0v) is 17.2. The Morgan fingerprint density at radius 1 is 0.846 bits per heavy atom. The third kappa shape index (κ3) is 10.7. The molecule has 0 aliphatic rings. The van der Waals surface area contributed by atoms with Crippen LogP contribution in [0.3, 0.4) is 0 Å². The van der Waals surface area contributed by atoms with Crippen LogP contribution < -0.4 is 0 Å². The molecule has 0 fully saturated rings. The third-order valence-corrected chi connectivity index (χ3v) is 6.02. The maximum Gasteiger partial charge on any atom is 0.307 e. The molecule has 0 aromatic heterocycles. The van der Waals surface area contributed by atoms with Crippen molar-refractivity contribution < 1.29 is 40.1 Å². The second-order valence-electron chi connectivity index (χ2n) is 5.82. The van der Waals surface area contributed by atoms with Crippen LogP contribution in [0.4, 0.5) is 0 Å². The summed E-state index contributed by atoms with van der Waals surface area (Å²) in [6.45, 7) is 4.28. The number of carbonyl (C=O) groups excluding carboxylic acids is 2. The summed E-state index contributed by atoms with van der Waals surface area (Å²) in [4.78, 5) is 23.1. The highest BCUT2D eigenvalue weighted by Gasteiger charge is 2.25. The minimum Gasteiger partial charge on any atom is -0.446 e.